The molecule has 0 aliphatic carbocycles. The smallest absolute Gasteiger partial charge is 0.417 e. The van der Waals surface area contributed by atoms with Gasteiger partial charge >= 0.3 is 6.18 Å². The van der Waals surface area contributed by atoms with Crippen molar-refractivity contribution in [3.05, 3.63) is 52.7 Å². The van der Waals surface area contributed by atoms with Crippen LogP contribution in [0.25, 0.3) is 0 Å². The highest BCUT2D eigenvalue weighted by Gasteiger charge is 2.35. The summed E-state index contributed by atoms with van der Waals surface area (Å²) < 4.78 is 44.4. The molecular weight excluding hydrogens is 379 g/mol. The zero-order chi connectivity index (χ0) is 20.0. The molecule has 0 atom stereocenters. The maximum atomic E-state index is 13.1. The van der Waals surface area contributed by atoms with E-state index in [1.54, 1.807) is 30.3 Å². The standard InChI is InChI=1S/C18H16F3N3O2S/c1-11-6-15(18(19,20)21)14(8-22)17(24-11)27-10-16(25)23-9-12-4-3-5-13(7-12)26-2/h3-7H,9-10H2,1-2H3,(H,23,25). The van der Waals surface area contributed by atoms with Crippen LogP contribution in [0.15, 0.2) is 35.4 Å². The first-order chi connectivity index (χ1) is 12.7. The van der Waals surface area contributed by atoms with E-state index in [9.17, 15) is 18.0 Å². The highest BCUT2D eigenvalue weighted by molar-refractivity contribution is 8.00. The number of alkyl halides is 3. The van der Waals surface area contributed by atoms with E-state index < -0.39 is 17.3 Å². The number of thioether (sulfide) groups is 1. The predicted octanol–water partition coefficient (Wildman–Crippen LogP) is 3.70. The lowest BCUT2D eigenvalue weighted by molar-refractivity contribution is -0.138. The van der Waals surface area contributed by atoms with Gasteiger partial charge in [0.05, 0.1) is 24.0 Å². The largest absolute Gasteiger partial charge is 0.497 e. The summed E-state index contributed by atoms with van der Waals surface area (Å²) in [7, 11) is 1.53. The second-order valence-electron chi connectivity index (χ2n) is 5.52. The van der Waals surface area contributed by atoms with Gasteiger partial charge in [-0.2, -0.15) is 18.4 Å². The Hall–Kier alpha value is -2.73. The first kappa shape index (κ1) is 20.6. The average molecular weight is 395 g/mol. The van der Waals surface area contributed by atoms with Gasteiger partial charge in [0.2, 0.25) is 5.91 Å². The fraction of sp³-hybridized carbons (Fsp3) is 0.278. The molecule has 2 rings (SSSR count). The second-order valence-corrected chi connectivity index (χ2v) is 6.48. The number of ether oxygens (including phenoxy) is 1. The topological polar surface area (TPSA) is 75.0 Å². The van der Waals surface area contributed by atoms with Gasteiger partial charge in [-0.05, 0) is 30.7 Å². The number of carbonyl (C=O) groups excluding carboxylic acids is 1. The number of benzene rings is 1. The molecule has 1 amide bonds. The highest BCUT2D eigenvalue weighted by atomic mass is 32.2. The van der Waals surface area contributed by atoms with Crippen molar-refractivity contribution in [1.82, 2.24) is 10.3 Å². The first-order valence-corrected chi connectivity index (χ1v) is 8.74. The van der Waals surface area contributed by atoms with Crippen molar-refractivity contribution in [2.45, 2.75) is 24.7 Å². The van der Waals surface area contributed by atoms with E-state index in [0.717, 1.165) is 23.4 Å². The van der Waals surface area contributed by atoms with Crippen LogP contribution in [-0.4, -0.2) is 23.8 Å². The second kappa shape index (κ2) is 8.77. The summed E-state index contributed by atoms with van der Waals surface area (Å²) in [4.78, 5) is 16.0. The van der Waals surface area contributed by atoms with Crippen molar-refractivity contribution in [2.75, 3.05) is 12.9 Å². The molecule has 0 aliphatic rings. The molecule has 0 fully saturated rings. The number of nitrogens with zero attached hydrogens (tertiary/aromatic N) is 2. The number of amides is 1. The van der Waals surface area contributed by atoms with E-state index >= 15 is 0 Å². The minimum atomic E-state index is -4.66. The summed E-state index contributed by atoms with van der Waals surface area (Å²) in [5.41, 5.74) is -0.672. The van der Waals surface area contributed by atoms with Crippen LogP contribution in [0.4, 0.5) is 13.2 Å². The van der Waals surface area contributed by atoms with E-state index in [1.165, 1.54) is 14.0 Å². The number of carbonyl (C=O) groups is 1. The van der Waals surface area contributed by atoms with Crippen molar-refractivity contribution in [2.24, 2.45) is 0 Å². The van der Waals surface area contributed by atoms with Crippen LogP contribution < -0.4 is 10.1 Å². The van der Waals surface area contributed by atoms with E-state index in [4.69, 9.17) is 10.00 Å². The van der Waals surface area contributed by atoms with Gasteiger partial charge in [0, 0.05) is 12.2 Å². The van der Waals surface area contributed by atoms with Gasteiger partial charge in [-0.15, -0.1) is 0 Å². The van der Waals surface area contributed by atoms with Crippen molar-refractivity contribution >= 4 is 17.7 Å². The van der Waals surface area contributed by atoms with E-state index in [2.05, 4.69) is 10.3 Å². The van der Waals surface area contributed by atoms with Crippen molar-refractivity contribution in [3.63, 3.8) is 0 Å². The molecule has 27 heavy (non-hydrogen) atoms. The highest BCUT2D eigenvalue weighted by Crippen LogP contribution is 2.35. The Bertz CT molecular complexity index is 879. The van der Waals surface area contributed by atoms with Crippen LogP contribution in [0.5, 0.6) is 5.75 Å². The Morgan fingerprint density at radius 3 is 2.74 bits per heavy atom. The monoisotopic (exact) mass is 395 g/mol. The van der Waals surface area contributed by atoms with E-state index in [1.807, 2.05) is 0 Å². The van der Waals surface area contributed by atoms with E-state index in [-0.39, 0.29) is 28.9 Å². The summed E-state index contributed by atoms with van der Waals surface area (Å²) in [6.45, 7) is 1.65. The molecule has 2 aromatic rings. The molecular formula is C18H16F3N3O2S. The molecule has 0 spiro atoms. The molecule has 0 saturated carbocycles. The maximum absolute atomic E-state index is 13.1. The predicted molar refractivity (Wildman–Crippen MR) is 94.3 cm³/mol. The number of aryl methyl sites for hydroxylation is 1. The number of hydrogen-bond donors (Lipinski definition) is 1. The summed E-state index contributed by atoms with van der Waals surface area (Å²) in [6.07, 6.45) is -4.66. The normalized spacial score (nSPS) is 11.0. The third kappa shape index (κ3) is 5.62. The van der Waals surface area contributed by atoms with Crippen LogP contribution in [0.2, 0.25) is 0 Å². The maximum Gasteiger partial charge on any atom is 0.417 e. The fourth-order valence-electron chi connectivity index (χ4n) is 2.25. The molecule has 0 unspecified atom stereocenters. The quantitative estimate of drug-likeness (QED) is 0.755. The summed E-state index contributed by atoms with van der Waals surface area (Å²) >= 11 is 0.797. The molecule has 9 heteroatoms. The number of pyridine rings is 1. The summed E-state index contributed by atoms with van der Waals surface area (Å²) in [6, 6.07) is 9.49. The third-order valence-electron chi connectivity index (χ3n) is 3.50. The van der Waals surface area contributed by atoms with Crippen LogP contribution >= 0.6 is 11.8 Å². The molecule has 0 aliphatic heterocycles. The lowest BCUT2D eigenvalue weighted by Gasteiger charge is -2.12. The number of methoxy groups -OCH3 is 1. The molecule has 1 aromatic heterocycles. The zero-order valence-electron chi connectivity index (χ0n) is 14.6. The first-order valence-electron chi connectivity index (χ1n) is 7.76. The molecule has 0 radical (unpaired) electrons. The molecule has 1 aromatic carbocycles. The SMILES string of the molecule is COc1cccc(CNC(=O)CSc2nc(C)cc(C(F)(F)F)c2C#N)c1. The number of nitriles is 1. The van der Waals surface area contributed by atoms with Gasteiger partial charge in [0.1, 0.15) is 16.8 Å². The van der Waals surface area contributed by atoms with Gasteiger partial charge in [-0.25, -0.2) is 4.98 Å². The third-order valence-corrected chi connectivity index (χ3v) is 4.47. The van der Waals surface area contributed by atoms with Crippen LogP contribution in [0.3, 0.4) is 0 Å². The lowest BCUT2D eigenvalue weighted by atomic mass is 10.1. The van der Waals surface area contributed by atoms with Gasteiger partial charge in [-0.3, -0.25) is 4.79 Å². The minimum Gasteiger partial charge on any atom is -0.497 e. The van der Waals surface area contributed by atoms with Crippen LogP contribution in [-0.2, 0) is 17.5 Å². The lowest BCUT2D eigenvalue weighted by Crippen LogP contribution is -2.24. The summed E-state index contributed by atoms with van der Waals surface area (Å²) in [5.74, 6) is 0.105. The number of nitrogens with one attached hydrogen (secondary N) is 1. The molecule has 0 bridgehead atoms. The Balaban J connectivity index is 2.04. The van der Waals surface area contributed by atoms with Crippen LogP contribution in [0.1, 0.15) is 22.4 Å². The molecule has 1 heterocycles. The Labute approximate surface area is 158 Å². The fourth-order valence-corrected chi connectivity index (χ4v) is 3.13. The zero-order valence-corrected chi connectivity index (χ0v) is 15.4. The molecule has 0 saturated heterocycles. The van der Waals surface area contributed by atoms with Crippen molar-refractivity contribution in [3.8, 4) is 11.8 Å². The minimum absolute atomic E-state index is 0.110. The van der Waals surface area contributed by atoms with E-state index in [0.29, 0.717) is 5.75 Å². The summed E-state index contributed by atoms with van der Waals surface area (Å²) in [5, 5.41) is 11.7. The number of aromatic nitrogens is 1. The average Bonchev–Trinajstić information content (AvgIpc) is 2.63. The van der Waals surface area contributed by atoms with Crippen LogP contribution in [0, 0.1) is 18.3 Å². The number of rotatable bonds is 6. The Morgan fingerprint density at radius 2 is 2.11 bits per heavy atom. The van der Waals surface area contributed by atoms with Crippen molar-refractivity contribution < 1.29 is 22.7 Å². The number of hydrogen-bond acceptors (Lipinski definition) is 5. The van der Waals surface area contributed by atoms with Gasteiger partial charge in [0.25, 0.3) is 0 Å². The number of halogens is 3. The Kier molecular flexibility index (Phi) is 6.69. The van der Waals surface area contributed by atoms with Gasteiger partial charge in [-0.1, -0.05) is 23.9 Å². The van der Waals surface area contributed by atoms with Gasteiger partial charge in [0.15, 0.2) is 0 Å². The molecule has 142 valence electrons. The molecule has 1 N–H and O–H groups in total. The Morgan fingerprint density at radius 1 is 1.37 bits per heavy atom. The van der Waals surface area contributed by atoms with Crippen molar-refractivity contribution in [1.29, 1.82) is 5.26 Å². The van der Waals surface area contributed by atoms with Gasteiger partial charge < -0.3 is 10.1 Å². The molecule has 5 nitrogen and oxygen atoms in total.